The molecule has 4 nitrogen and oxygen atoms in total. The summed E-state index contributed by atoms with van der Waals surface area (Å²) in [5.74, 6) is -0.0393. The maximum Gasteiger partial charge on any atom is 0.217 e. The number of ether oxygens (including phenoxy) is 2. The molecule has 1 rings (SSSR count). The molecule has 1 saturated heterocycles. The van der Waals surface area contributed by atoms with Crippen LogP contribution in [-0.2, 0) is 14.3 Å². The molecule has 0 saturated carbocycles. The molecule has 0 unspecified atom stereocenters. The zero-order valence-corrected chi connectivity index (χ0v) is 6.79. The molecule has 0 radical (unpaired) electrons. The Morgan fingerprint density at radius 3 is 2.91 bits per heavy atom. The van der Waals surface area contributed by atoms with Gasteiger partial charge in [-0.15, -0.1) is 0 Å². The SMILES string of the molecule is CO[C@H]1COC[C@H]1NC(C)=O. The van der Waals surface area contributed by atoms with E-state index in [9.17, 15) is 4.79 Å². The van der Waals surface area contributed by atoms with E-state index >= 15 is 0 Å². The van der Waals surface area contributed by atoms with Crippen molar-refractivity contribution in [1.82, 2.24) is 5.32 Å². The van der Waals surface area contributed by atoms with E-state index in [1.54, 1.807) is 7.11 Å². The molecule has 1 amide bonds. The third-order valence-corrected chi connectivity index (χ3v) is 1.72. The summed E-state index contributed by atoms with van der Waals surface area (Å²) in [5.41, 5.74) is 0. The van der Waals surface area contributed by atoms with Crippen LogP contribution in [0.25, 0.3) is 0 Å². The Hall–Kier alpha value is -0.610. The number of carbonyl (C=O) groups excluding carboxylic acids is 1. The monoisotopic (exact) mass is 159 g/mol. The predicted octanol–water partition coefficient (Wildman–Crippen LogP) is -0.464. The normalized spacial score (nSPS) is 30.4. The zero-order chi connectivity index (χ0) is 8.27. The molecule has 11 heavy (non-hydrogen) atoms. The van der Waals surface area contributed by atoms with Gasteiger partial charge in [0, 0.05) is 14.0 Å². The van der Waals surface area contributed by atoms with E-state index in [0.29, 0.717) is 13.2 Å². The minimum Gasteiger partial charge on any atom is -0.377 e. The van der Waals surface area contributed by atoms with Gasteiger partial charge >= 0.3 is 0 Å². The number of methoxy groups -OCH3 is 1. The molecule has 0 aromatic carbocycles. The highest BCUT2D eigenvalue weighted by Crippen LogP contribution is 2.08. The van der Waals surface area contributed by atoms with E-state index in [0.717, 1.165) is 0 Å². The number of rotatable bonds is 2. The lowest BCUT2D eigenvalue weighted by molar-refractivity contribution is -0.120. The van der Waals surface area contributed by atoms with Gasteiger partial charge in [0.25, 0.3) is 0 Å². The third-order valence-electron chi connectivity index (χ3n) is 1.72. The minimum absolute atomic E-state index is 0.0129. The topological polar surface area (TPSA) is 47.6 Å². The molecule has 0 aromatic rings. The fourth-order valence-electron chi connectivity index (χ4n) is 1.16. The van der Waals surface area contributed by atoms with Crippen LogP contribution in [0.15, 0.2) is 0 Å². The first-order valence-corrected chi connectivity index (χ1v) is 3.61. The molecule has 1 fully saturated rings. The Kier molecular flexibility index (Phi) is 2.84. The maximum atomic E-state index is 10.6. The Morgan fingerprint density at radius 2 is 2.36 bits per heavy atom. The summed E-state index contributed by atoms with van der Waals surface area (Å²) in [6.07, 6.45) is 0.0129. The molecule has 0 aliphatic carbocycles. The van der Waals surface area contributed by atoms with Crippen LogP contribution in [0.3, 0.4) is 0 Å². The number of amides is 1. The largest absolute Gasteiger partial charge is 0.377 e. The van der Waals surface area contributed by atoms with Gasteiger partial charge in [0.15, 0.2) is 0 Å². The Labute approximate surface area is 65.9 Å². The Bertz CT molecular complexity index is 149. The average Bonchev–Trinajstić information content (AvgIpc) is 2.34. The molecule has 0 spiro atoms. The van der Waals surface area contributed by atoms with Gasteiger partial charge in [0.2, 0.25) is 5.91 Å². The van der Waals surface area contributed by atoms with Crippen molar-refractivity contribution in [3.8, 4) is 0 Å². The molecule has 2 atom stereocenters. The van der Waals surface area contributed by atoms with Crippen molar-refractivity contribution < 1.29 is 14.3 Å². The van der Waals surface area contributed by atoms with E-state index in [1.807, 2.05) is 0 Å². The van der Waals surface area contributed by atoms with Crippen LogP contribution in [0, 0.1) is 0 Å². The van der Waals surface area contributed by atoms with Crippen LogP contribution in [0.5, 0.6) is 0 Å². The van der Waals surface area contributed by atoms with Gasteiger partial charge in [-0.2, -0.15) is 0 Å². The molecule has 1 aliphatic heterocycles. The zero-order valence-electron chi connectivity index (χ0n) is 6.79. The van der Waals surface area contributed by atoms with Gasteiger partial charge in [0.05, 0.1) is 19.3 Å². The lowest BCUT2D eigenvalue weighted by atomic mass is 10.2. The van der Waals surface area contributed by atoms with Crippen molar-refractivity contribution in [3.63, 3.8) is 0 Å². The highest BCUT2D eigenvalue weighted by molar-refractivity contribution is 5.73. The highest BCUT2D eigenvalue weighted by atomic mass is 16.5. The summed E-state index contributed by atoms with van der Waals surface area (Å²) in [4.78, 5) is 10.6. The summed E-state index contributed by atoms with van der Waals surface area (Å²) >= 11 is 0. The van der Waals surface area contributed by atoms with Crippen molar-refractivity contribution in [2.45, 2.75) is 19.1 Å². The molecule has 0 bridgehead atoms. The van der Waals surface area contributed by atoms with Crippen LogP contribution in [0.1, 0.15) is 6.92 Å². The molecule has 4 heteroatoms. The van der Waals surface area contributed by atoms with E-state index in [2.05, 4.69) is 5.32 Å². The lowest BCUT2D eigenvalue weighted by Gasteiger charge is -2.15. The van der Waals surface area contributed by atoms with Gasteiger partial charge in [-0.05, 0) is 0 Å². The van der Waals surface area contributed by atoms with Crippen LogP contribution >= 0.6 is 0 Å². The summed E-state index contributed by atoms with van der Waals surface area (Å²) in [7, 11) is 1.62. The van der Waals surface area contributed by atoms with E-state index < -0.39 is 0 Å². The van der Waals surface area contributed by atoms with E-state index in [4.69, 9.17) is 9.47 Å². The second-order valence-corrected chi connectivity index (χ2v) is 2.62. The quantitative estimate of drug-likeness (QED) is 0.593. The molecular formula is C7H13NO3. The molecule has 1 N–H and O–H groups in total. The molecule has 1 heterocycles. The minimum atomic E-state index is -0.0393. The van der Waals surface area contributed by atoms with Crippen molar-refractivity contribution in [2.75, 3.05) is 20.3 Å². The molecule has 1 aliphatic rings. The standard InChI is InChI=1S/C7H13NO3/c1-5(9)8-6-3-11-4-7(6)10-2/h6-7H,3-4H2,1-2H3,(H,8,9)/t6-,7+/m1/s1. The first kappa shape index (κ1) is 8.49. The van der Waals surface area contributed by atoms with Gasteiger partial charge < -0.3 is 14.8 Å². The fourth-order valence-corrected chi connectivity index (χ4v) is 1.16. The van der Waals surface area contributed by atoms with Gasteiger partial charge in [-0.25, -0.2) is 0 Å². The average molecular weight is 159 g/mol. The number of hydrogen-bond donors (Lipinski definition) is 1. The van der Waals surface area contributed by atoms with Gasteiger partial charge in [-0.3, -0.25) is 4.79 Å². The molecule has 0 aromatic heterocycles. The number of hydrogen-bond acceptors (Lipinski definition) is 3. The fraction of sp³-hybridized carbons (Fsp3) is 0.857. The second-order valence-electron chi connectivity index (χ2n) is 2.62. The van der Waals surface area contributed by atoms with Crippen molar-refractivity contribution >= 4 is 5.91 Å². The number of carbonyl (C=O) groups is 1. The first-order valence-electron chi connectivity index (χ1n) is 3.61. The van der Waals surface area contributed by atoms with Crippen LogP contribution < -0.4 is 5.32 Å². The van der Waals surface area contributed by atoms with Crippen LogP contribution in [0.2, 0.25) is 0 Å². The van der Waals surface area contributed by atoms with Crippen molar-refractivity contribution in [2.24, 2.45) is 0 Å². The maximum absolute atomic E-state index is 10.6. The summed E-state index contributed by atoms with van der Waals surface area (Å²) in [6.45, 7) is 2.62. The van der Waals surface area contributed by atoms with Crippen LogP contribution in [-0.4, -0.2) is 38.4 Å². The summed E-state index contributed by atoms with van der Waals surface area (Å²) in [5, 5.41) is 2.75. The predicted molar refractivity (Wildman–Crippen MR) is 39.2 cm³/mol. The smallest absolute Gasteiger partial charge is 0.217 e. The summed E-state index contributed by atoms with van der Waals surface area (Å²) in [6, 6.07) is 0.0255. The molecule has 64 valence electrons. The Balaban J connectivity index is 2.37. The first-order chi connectivity index (χ1) is 5.24. The van der Waals surface area contributed by atoms with Gasteiger partial charge in [-0.1, -0.05) is 0 Å². The molecular weight excluding hydrogens is 146 g/mol. The van der Waals surface area contributed by atoms with E-state index in [-0.39, 0.29) is 18.1 Å². The van der Waals surface area contributed by atoms with Crippen molar-refractivity contribution in [1.29, 1.82) is 0 Å². The Morgan fingerprint density at radius 1 is 1.64 bits per heavy atom. The van der Waals surface area contributed by atoms with Crippen molar-refractivity contribution in [3.05, 3.63) is 0 Å². The highest BCUT2D eigenvalue weighted by Gasteiger charge is 2.28. The lowest BCUT2D eigenvalue weighted by Crippen LogP contribution is -2.42. The summed E-state index contributed by atoms with van der Waals surface area (Å²) < 4.78 is 10.2. The number of nitrogens with one attached hydrogen (secondary N) is 1. The second kappa shape index (κ2) is 3.69. The van der Waals surface area contributed by atoms with Crippen LogP contribution in [0.4, 0.5) is 0 Å². The van der Waals surface area contributed by atoms with Gasteiger partial charge in [0.1, 0.15) is 6.10 Å². The third kappa shape index (κ3) is 2.17. The van der Waals surface area contributed by atoms with E-state index in [1.165, 1.54) is 6.92 Å².